The van der Waals surface area contributed by atoms with Gasteiger partial charge in [0, 0.05) is 56.6 Å². The van der Waals surface area contributed by atoms with Gasteiger partial charge in [-0.3, -0.25) is 19.4 Å². The minimum Gasteiger partial charge on any atom is -0.352 e. The van der Waals surface area contributed by atoms with Crippen LogP contribution >= 0.6 is 0 Å². The maximum Gasteiger partial charge on any atom is 0.228 e. The Balaban J connectivity index is 1.27. The van der Waals surface area contributed by atoms with E-state index in [1.54, 1.807) is 17.3 Å². The summed E-state index contributed by atoms with van der Waals surface area (Å²) in [6, 6.07) is 11.6. The van der Waals surface area contributed by atoms with Crippen LogP contribution in [0.25, 0.3) is 0 Å². The van der Waals surface area contributed by atoms with Crippen LogP contribution in [0.4, 0.5) is 5.69 Å². The second kappa shape index (κ2) is 9.29. The van der Waals surface area contributed by atoms with Crippen molar-refractivity contribution in [2.24, 2.45) is 11.8 Å². The third-order valence-electron chi connectivity index (χ3n) is 6.21. The van der Waals surface area contributed by atoms with Crippen molar-refractivity contribution in [3.63, 3.8) is 0 Å². The molecule has 1 atom stereocenters. The lowest BCUT2D eigenvalue weighted by Crippen LogP contribution is -2.45. The number of carbonyl (C=O) groups is 3. The highest BCUT2D eigenvalue weighted by Crippen LogP contribution is 2.28. The van der Waals surface area contributed by atoms with Gasteiger partial charge in [0.2, 0.25) is 17.7 Å². The molecule has 2 aliphatic rings. The van der Waals surface area contributed by atoms with Crippen molar-refractivity contribution in [2.75, 3.05) is 24.5 Å². The molecule has 3 amide bonds. The van der Waals surface area contributed by atoms with Crippen molar-refractivity contribution in [3.8, 4) is 0 Å². The molecule has 2 saturated heterocycles. The van der Waals surface area contributed by atoms with Gasteiger partial charge in [0.25, 0.3) is 0 Å². The smallest absolute Gasteiger partial charge is 0.228 e. The summed E-state index contributed by atoms with van der Waals surface area (Å²) in [6.45, 7) is 4.03. The highest BCUT2D eigenvalue weighted by atomic mass is 16.2. The normalized spacial score (nSPS) is 19.5. The quantitative estimate of drug-likeness (QED) is 0.805. The van der Waals surface area contributed by atoms with E-state index in [2.05, 4.69) is 10.3 Å². The fraction of sp³-hybridized carbons (Fsp3) is 0.417. The summed E-state index contributed by atoms with van der Waals surface area (Å²) in [4.78, 5) is 45.5. The number of benzene rings is 1. The second-order valence-corrected chi connectivity index (χ2v) is 8.41. The minimum atomic E-state index is -0.314. The maximum atomic E-state index is 13.0. The molecule has 162 valence electrons. The minimum absolute atomic E-state index is 0.00687. The van der Waals surface area contributed by atoms with Gasteiger partial charge >= 0.3 is 0 Å². The molecule has 0 radical (unpaired) electrons. The van der Waals surface area contributed by atoms with E-state index in [1.165, 1.54) is 0 Å². The van der Waals surface area contributed by atoms with Crippen LogP contribution in [0.3, 0.4) is 0 Å². The Labute approximate surface area is 182 Å². The van der Waals surface area contributed by atoms with E-state index < -0.39 is 0 Å². The molecule has 2 aromatic rings. The molecule has 1 N–H and O–H groups in total. The average Bonchev–Trinajstić information content (AvgIpc) is 3.20. The number of nitrogens with zero attached hydrogens (tertiary/aromatic N) is 3. The predicted octanol–water partition coefficient (Wildman–Crippen LogP) is 2.30. The van der Waals surface area contributed by atoms with E-state index in [0.717, 1.165) is 16.8 Å². The molecule has 7 nitrogen and oxygen atoms in total. The lowest BCUT2D eigenvalue weighted by Gasteiger charge is -2.33. The fourth-order valence-electron chi connectivity index (χ4n) is 4.30. The van der Waals surface area contributed by atoms with E-state index in [9.17, 15) is 14.4 Å². The summed E-state index contributed by atoms with van der Waals surface area (Å²) >= 11 is 0. The molecule has 0 spiro atoms. The summed E-state index contributed by atoms with van der Waals surface area (Å²) in [5.74, 6) is -0.345. The highest BCUT2D eigenvalue weighted by Gasteiger charge is 2.38. The molecule has 4 rings (SSSR count). The summed E-state index contributed by atoms with van der Waals surface area (Å²) in [5, 5.41) is 2.98. The lowest BCUT2D eigenvalue weighted by molar-refractivity contribution is -0.139. The zero-order chi connectivity index (χ0) is 21.8. The van der Waals surface area contributed by atoms with Gasteiger partial charge < -0.3 is 15.1 Å². The van der Waals surface area contributed by atoms with Crippen LogP contribution in [0.15, 0.2) is 48.8 Å². The van der Waals surface area contributed by atoms with Crippen LogP contribution in [0.5, 0.6) is 0 Å². The summed E-state index contributed by atoms with van der Waals surface area (Å²) < 4.78 is 0. The zero-order valence-corrected chi connectivity index (χ0v) is 17.8. The zero-order valence-electron chi connectivity index (χ0n) is 17.8. The van der Waals surface area contributed by atoms with Crippen molar-refractivity contribution in [1.82, 2.24) is 15.2 Å². The number of anilines is 1. The molecule has 0 aliphatic carbocycles. The molecule has 31 heavy (non-hydrogen) atoms. The number of aryl methyl sites for hydroxylation is 1. The molecule has 3 heterocycles. The van der Waals surface area contributed by atoms with E-state index in [4.69, 9.17) is 0 Å². The number of rotatable bonds is 5. The summed E-state index contributed by atoms with van der Waals surface area (Å²) in [5.41, 5.74) is 2.99. The molecule has 0 saturated carbocycles. The first kappa shape index (κ1) is 21.0. The first-order chi connectivity index (χ1) is 15.0. The van der Waals surface area contributed by atoms with Gasteiger partial charge in [0.1, 0.15) is 0 Å². The van der Waals surface area contributed by atoms with Crippen LogP contribution < -0.4 is 10.2 Å². The molecule has 0 bridgehead atoms. The topological polar surface area (TPSA) is 82.6 Å². The van der Waals surface area contributed by atoms with Crippen LogP contribution in [0, 0.1) is 18.8 Å². The predicted molar refractivity (Wildman–Crippen MR) is 117 cm³/mol. The van der Waals surface area contributed by atoms with Gasteiger partial charge in [-0.25, -0.2) is 0 Å². The van der Waals surface area contributed by atoms with Gasteiger partial charge in [-0.05, 0) is 49.6 Å². The molecular formula is C24H28N4O3. The fourth-order valence-corrected chi connectivity index (χ4v) is 4.30. The van der Waals surface area contributed by atoms with Gasteiger partial charge in [-0.1, -0.05) is 17.7 Å². The monoisotopic (exact) mass is 420 g/mol. The molecule has 7 heteroatoms. The molecular weight excluding hydrogens is 392 g/mol. The Morgan fingerprint density at radius 1 is 1.03 bits per heavy atom. The first-order valence-electron chi connectivity index (χ1n) is 10.8. The van der Waals surface area contributed by atoms with E-state index in [-0.39, 0.29) is 36.0 Å². The number of nitrogens with one attached hydrogen (secondary N) is 1. The molecule has 2 fully saturated rings. The van der Waals surface area contributed by atoms with E-state index in [1.807, 2.05) is 48.2 Å². The number of amides is 3. The summed E-state index contributed by atoms with van der Waals surface area (Å²) in [6.07, 6.45) is 4.96. The number of pyridine rings is 1. The third-order valence-corrected chi connectivity index (χ3v) is 6.21. The number of likely N-dealkylation sites (tertiary alicyclic amines) is 1. The van der Waals surface area contributed by atoms with Crippen molar-refractivity contribution >= 4 is 23.4 Å². The Morgan fingerprint density at radius 2 is 1.71 bits per heavy atom. The summed E-state index contributed by atoms with van der Waals surface area (Å²) in [7, 11) is 0. The maximum absolute atomic E-state index is 13.0. The van der Waals surface area contributed by atoms with Gasteiger partial charge in [-0.2, -0.15) is 0 Å². The van der Waals surface area contributed by atoms with Gasteiger partial charge in [0.15, 0.2) is 0 Å². The van der Waals surface area contributed by atoms with Crippen molar-refractivity contribution in [2.45, 2.75) is 32.7 Å². The van der Waals surface area contributed by atoms with Crippen molar-refractivity contribution in [3.05, 3.63) is 59.9 Å². The van der Waals surface area contributed by atoms with E-state index in [0.29, 0.717) is 39.0 Å². The lowest BCUT2D eigenvalue weighted by atomic mass is 9.94. The third kappa shape index (κ3) is 4.93. The number of hydrogen-bond acceptors (Lipinski definition) is 4. The SMILES string of the molecule is Cc1ccc(N2CC(C(=O)N3CCC(C(=O)NCc4ccncc4)CC3)CC2=O)cc1. The van der Waals surface area contributed by atoms with Gasteiger partial charge in [0.05, 0.1) is 5.92 Å². The van der Waals surface area contributed by atoms with Crippen LogP contribution in [-0.2, 0) is 20.9 Å². The van der Waals surface area contributed by atoms with Crippen LogP contribution in [0.2, 0.25) is 0 Å². The number of hydrogen-bond donors (Lipinski definition) is 1. The van der Waals surface area contributed by atoms with E-state index >= 15 is 0 Å². The Hall–Kier alpha value is -3.22. The molecule has 2 aliphatic heterocycles. The largest absolute Gasteiger partial charge is 0.352 e. The number of piperidine rings is 1. The highest BCUT2D eigenvalue weighted by molar-refractivity contribution is 6.00. The van der Waals surface area contributed by atoms with Crippen molar-refractivity contribution < 1.29 is 14.4 Å². The number of aromatic nitrogens is 1. The average molecular weight is 421 g/mol. The Morgan fingerprint density at radius 3 is 2.39 bits per heavy atom. The molecule has 1 unspecified atom stereocenters. The Kier molecular flexibility index (Phi) is 6.30. The first-order valence-corrected chi connectivity index (χ1v) is 10.8. The van der Waals surface area contributed by atoms with Crippen molar-refractivity contribution in [1.29, 1.82) is 0 Å². The molecule has 1 aromatic heterocycles. The van der Waals surface area contributed by atoms with Gasteiger partial charge in [-0.15, -0.1) is 0 Å². The molecule has 1 aromatic carbocycles. The second-order valence-electron chi connectivity index (χ2n) is 8.41. The Bertz CT molecular complexity index is 937. The number of carbonyl (C=O) groups excluding carboxylic acids is 3. The van der Waals surface area contributed by atoms with Crippen LogP contribution in [-0.4, -0.2) is 47.2 Å². The standard InChI is InChI=1S/C24H28N4O3/c1-17-2-4-21(5-3-17)28-16-20(14-22(28)29)24(31)27-12-8-19(9-13-27)23(30)26-15-18-6-10-25-11-7-18/h2-7,10-11,19-20H,8-9,12-16H2,1H3,(H,26,30). The van der Waals surface area contributed by atoms with Crippen LogP contribution in [0.1, 0.15) is 30.4 Å².